The van der Waals surface area contributed by atoms with Gasteiger partial charge in [-0.3, -0.25) is 0 Å². The minimum absolute atomic E-state index is 0.0806. The van der Waals surface area contributed by atoms with Crippen LogP contribution in [0.5, 0.6) is 0 Å². The molecule has 0 aliphatic carbocycles. The number of para-hydroxylation sites is 1. The van der Waals surface area contributed by atoms with Gasteiger partial charge >= 0.3 is 0 Å². The van der Waals surface area contributed by atoms with Gasteiger partial charge in [0.15, 0.2) is 0 Å². The van der Waals surface area contributed by atoms with Crippen LogP contribution in [0.15, 0.2) is 36.9 Å². The van der Waals surface area contributed by atoms with E-state index in [0.29, 0.717) is 0 Å². The lowest BCUT2D eigenvalue weighted by molar-refractivity contribution is 0.282. The zero-order chi connectivity index (χ0) is 9.52. The summed E-state index contributed by atoms with van der Waals surface area (Å²) in [7, 11) is 0. The van der Waals surface area contributed by atoms with Crippen molar-refractivity contribution in [2.75, 3.05) is 11.9 Å². The molecule has 1 rings (SSSR count). The van der Waals surface area contributed by atoms with Crippen LogP contribution in [-0.2, 0) is 6.61 Å². The van der Waals surface area contributed by atoms with E-state index in [1.54, 1.807) is 0 Å². The quantitative estimate of drug-likeness (QED) is 0.533. The van der Waals surface area contributed by atoms with E-state index in [2.05, 4.69) is 11.9 Å². The largest absolute Gasteiger partial charge is 0.392 e. The molecule has 1 aromatic rings. The fraction of sp³-hybridized carbons (Fsp3) is 0.273. The Morgan fingerprint density at radius 1 is 1.38 bits per heavy atom. The van der Waals surface area contributed by atoms with Gasteiger partial charge < -0.3 is 10.4 Å². The monoisotopic (exact) mass is 177 g/mol. The van der Waals surface area contributed by atoms with E-state index in [1.165, 1.54) is 0 Å². The number of nitrogens with one attached hydrogen (secondary N) is 1. The molecule has 0 aliphatic rings. The number of rotatable bonds is 5. The molecule has 0 aromatic heterocycles. The maximum absolute atomic E-state index is 9.01. The molecule has 0 saturated heterocycles. The summed E-state index contributed by atoms with van der Waals surface area (Å²) in [5.41, 5.74) is 1.94. The molecule has 2 N–H and O–H groups in total. The molecule has 0 fully saturated rings. The number of hydrogen-bond donors (Lipinski definition) is 2. The minimum Gasteiger partial charge on any atom is -0.392 e. The van der Waals surface area contributed by atoms with Gasteiger partial charge in [0.05, 0.1) is 6.61 Å². The third-order valence-electron chi connectivity index (χ3n) is 1.85. The first-order chi connectivity index (χ1) is 6.38. The minimum atomic E-state index is 0.0806. The van der Waals surface area contributed by atoms with Crippen molar-refractivity contribution in [3.8, 4) is 0 Å². The molecule has 2 nitrogen and oxygen atoms in total. The number of aliphatic hydroxyl groups is 1. The van der Waals surface area contributed by atoms with Crippen molar-refractivity contribution in [1.82, 2.24) is 0 Å². The molecule has 0 heterocycles. The second kappa shape index (κ2) is 5.38. The zero-order valence-electron chi connectivity index (χ0n) is 7.66. The first-order valence-corrected chi connectivity index (χ1v) is 4.42. The summed E-state index contributed by atoms with van der Waals surface area (Å²) in [4.78, 5) is 0. The molecule has 0 amide bonds. The molecule has 0 saturated carbocycles. The number of benzene rings is 1. The Bertz CT molecular complexity index is 271. The smallest absolute Gasteiger partial charge is 0.0701 e. The van der Waals surface area contributed by atoms with Gasteiger partial charge in [0, 0.05) is 17.8 Å². The summed E-state index contributed by atoms with van der Waals surface area (Å²) in [5.74, 6) is 0. The Morgan fingerprint density at radius 3 is 2.85 bits per heavy atom. The van der Waals surface area contributed by atoms with Crippen molar-refractivity contribution in [1.29, 1.82) is 0 Å². The second-order valence-electron chi connectivity index (χ2n) is 2.82. The topological polar surface area (TPSA) is 32.3 Å². The highest BCUT2D eigenvalue weighted by Crippen LogP contribution is 2.14. The van der Waals surface area contributed by atoms with E-state index in [-0.39, 0.29) is 6.61 Å². The van der Waals surface area contributed by atoms with Gasteiger partial charge in [-0.15, -0.1) is 6.58 Å². The maximum Gasteiger partial charge on any atom is 0.0701 e. The van der Waals surface area contributed by atoms with Gasteiger partial charge in [-0.1, -0.05) is 24.3 Å². The summed E-state index contributed by atoms with van der Waals surface area (Å²) in [5, 5.41) is 12.2. The summed E-state index contributed by atoms with van der Waals surface area (Å²) in [6.07, 6.45) is 2.80. The van der Waals surface area contributed by atoms with Crippen LogP contribution in [0.3, 0.4) is 0 Å². The molecule has 1 aromatic carbocycles. The van der Waals surface area contributed by atoms with Crippen molar-refractivity contribution in [3.63, 3.8) is 0 Å². The molecule has 13 heavy (non-hydrogen) atoms. The van der Waals surface area contributed by atoms with Gasteiger partial charge in [-0.25, -0.2) is 0 Å². The number of hydrogen-bond acceptors (Lipinski definition) is 2. The van der Waals surface area contributed by atoms with E-state index in [4.69, 9.17) is 5.11 Å². The van der Waals surface area contributed by atoms with E-state index >= 15 is 0 Å². The van der Waals surface area contributed by atoms with Crippen LogP contribution in [0.1, 0.15) is 12.0 Å². The highest BCUT2D eigenvalue weighted by molar-refractivity contribution is 5.50. The van der Waals surface area contributed by atoms with E-state index in [1.807, 2.05) is 30.3 Å². The summed E-state index contributed by atoms with van der Waals surface area (Å²) < 4.78 is 0. The highest BCUT2D eigenvalue weighted by Gasteiger charge is 1.97. The van der Waals surface area contributed by atoms with Crippen molar-refractivity contribution in [2.24, 2.45) is 0 Å². The molecule has 2 heteroatoms. The van der Waals surface area contributed by atoms with Crippen molar-refractivity contribution >= 4 is 5.69 Å². The predicted octanol–water partition coefficient (Wildman–Crippen LogP) is 2.17. The fourth-order valence-electron chi connectivity index (χ4n) is 1.14. The van der Waals surface area contributed by atoms with E-state index in [0.717, 1.165) is 24.2 Å². The summed E-state index contributed by atoms with van der Waals surface area (Å²) >= 11 is 0. The maximum atomic E-state index is 9.01. The lowest BCUT2D eigenvalue weighted by atomic mass is 10.2. The Labute approximate surface area is 78.9 Å². The summed E-state index contributed by atoms with van der Waals surface area (Å²) in [6.45, 7) is 4.59. The third kappa shape index (κ3) is 2.92. The van der Waals surface area contributed by atoms with Crippen molar-refractivity contribution < 1.29 is 5.11 Å². The molecular formula is C11H15NO. The molecule has 70 valence electrons. The Balaban J connectivity index is 2.58. The molecular weight excluding hydrogens is 162 g/mol. The lowest BCUT2D eigenvalue weighted by Crippen LogP contribution is -2.02. The van der Waals surface area contributed by atoms with Crippen LogP contribution in [0.2, 0.25) is 0 Å². The van der Waals surface area contributed by atoms with Crippen LogP contribution in [0, 0.1) is 0 Å². The van der Waals surface area contributed by atoms with E-state index in [9.17, 15) is 0 Å². The van der Waals surface area contributed by atoms with Gasteiger partial charge in [0.1, 0.15) is 0 Å². The Hall–Kier alpha value is -1.28. The second-order valence-corrected chi connectivity index (χ2v) is 2.82. The zero-order valence-corrected chi connectivity index (χ0v) is 7.66. The van der Waals surface area contributed by atoms with Gasteiger partial charge in [0.2, 0.25) is 0 Å². The van der Waals surface area contributed by atoms with Gasteiger partial charge in [0.25, 0.3) is 0 Å². The average Bonchev–Trinajstić information content (AvgIpc) is 2.19. The fourth-order valence-corrected chi connectivity index (χ4v) is 1.14. The van der Waals surface area contributed by atoms with Gasteiger partial charge in [-0.2, -0.15) is 0 Å². The van der Waals surface area contributed by atoms with Crippen LogP contribution >= 0.6 is 0 Å². The molecule has 0 unspecified atom stereocenters. The van der Waals surface area contributed by atoms with Crippen molar-refractivity contribution in [2.45, 2.75) is 13.0 Å². The molecule has 0 radical (unpaired) electrons. The molecule has 0 aliphatic heterocycles. The first kappa shape index (κ1) is 9.81. The number of anilines is 1. The highest BCUT2D eigenvalue weighted by atomic mass is 16.3. The molecule has 0 spiro atoms. The average molecular weight is 177 g/mol. The standard InChI is InChI=1S/C11H15NO/c1-2-3-8-12-11-7-5-4-6-10(11)9-13/h2,4-7,12-13H,1,3,8-9H2. The van der Waals surface area contributed by atoms with Crippen molar-refractivity contribution in [3.05, 3.63) is 42.5 Å². The number of aliphatic hydroxyl groups excluding tert-OH is 1. The Kier molecular flexibility index (Phi) is 4.06. The van der Waals surface area contributed by atoms with Gasteiger partial charge in [-0.05, 0) is 12.5 Å². The predicted molar refractivity (Wildman–Crippen MR) is 55.7 cm³/mol. The normalized spacial score (nSPS) is 9.62. The molecule has 0 atom stereocenters. The third-order valence-corrected chi connectivity index (χ3v) is 1.85. The molecule has 0 bridgehead atoms. The van der Waals surface area contributed by atoms with E-state index < -0.39 is 0 Å². The van der Waals surface area contributed by atoms with Crippen LogP contribution < -0.4 is 5.32 Å². The SMILES string of the molecule is C=CCCNc1ccccc1CO. The Morgan fingerprint density at radius 2 is 2.15 bits per heavy atom. The van der Waals surface area contributed by atoms with Crippen LogP contribution in [0.4, 0.5) is 5.69 Å². The first-order valence-electron chi connectivity index (χ1n) is 4.42. The summed E-state index contributed by atoms with van der Waals surface area (Å²) in [6, 6.07) is 7.75. The lowest BCUT2D eigenvalue weighted by Gasteiger charge is -2.08. The van der Waals surface area contributed by atoms with Crippen LogP contribution in [-0.4, -0.2) is 11.7 Å². The van der Waals surface area contributed by atoms with Crippen LogP contribution in [0.25, 0.3) is 0 Å².